The highest BCUT2D eigenvalue weighted by Crippen LogP contribution is 2.36. The van der Waals surface area contributed by atoms with Crippen molar-refractivity contribution in [3.63, 3.8) is 0 Å². The average molecular weight is 326 g/mol. The Bertz CT molecular complexity index is 822. The van der Waals surface area contributed by atoms with Crippen molar-refractivity contribution < 1.29 is 9.47 Å². The molecule has 0 aliphatic carbocycles. The van der Waals surface area contributed by atoms with Gasteiger partial charge in [0.25, 0.3) is 0 Å². The van der Waals surface area contributed by atoms with Crippen LogP contribution in [0.2, 0.25) is 0 Å². The SMILES string of the molecule is C[C@@H](Sc1ccccn1)c1ncnn1-c1ccc2c(c1)OCO2. The Morgan fingerprint density at radius 1 is 1.13 bits per heavy atom. The van der Waals surface area contributed by atoms with Crippen molar-refractivity contribution in [2.24, 2.45) is 0 Å². The Morgan fingerprint density at radius 3 is 2.91 bits per heavy atom. The third-order valence-corrected chi connectivity index (χ3v) is 4.52. The van der Waals surface area contributed by atoms with E-state index >= 15 is 0 Å². The lowest BCUT2D eigenvalue weighted by Gasteiger charge is -2.12. The highest BCUT2D eigenvalue weighted by molar-refractivity contribution is 7.99. The molecule has 1 aromatic carbocycles. The van der Waals surface area contributed by atoms with Crippen molar-refractivity contribution in [2.75, 3.05) is 6.79 Å². The van der Waals surface area contributed by atoms with Crippen LogP contribution < -0.4 is 9.47 Å². The predicted molar refractivity (Wildman–Crippen MR) is 86.0 cm³/mol. The number of hydrogen-bond acceptors (Lipinski definition) is 6. The zero-order valence-corrected chi connectivity index (χ0v) is 13.2. The second-order valence-electron chi connectivity index (χ2n) is 5.00. The molecule has 0 saturated carbocycles. The topological polar surface area (TPSA) is 62.1 Å². The largest absolute Gasteiger partial charge is 0.454 e. The Morgan fingerprint density at radius 2 is 2.04 bits per heavy atom. The van der Waals surface area contributed by atoms with Gasteiger partial charge in [-0.15, -0.1) is 0 Å². The molecule has 0 spiro atoms. The summed E-state index contributed by atoms with van der Waals surface area (Å²) in [5.74, 6) is 2.35. The standard InChI is InChI=1S/C16H14N4O2S/c1-11(23-15-4-2-3-7-17-15)16-18-9-19-20(16)12-5-6-13-14(8-12)22-10-21-13/h2-9,11H,10H2,1H3/t11-/m1/s1. The maximum absolute atomic E-state index is 5.43. The second kappa shape index (κ2) is 5.92. The van der Waals surface area contributed by atoms with E-state index < -0.39 is 0 Å². The molecule has 116 valence electrons. The van der Waals surface area contributed by atoms with Gasteiger partial charge in [-0.25, -0.2) is 14.6 Å². The first-order valence-electron chi connectivity index (χ1n) is 7.19. The molecule has 3 aromatic rings. The molecule has 1 atom stereocenters. The predicted octanol–water partition coefficient (Wildman–Crippen LogP) is 3.24. The maximum atomic E-state index is 5.43. The molecule has 2 aromatic heterocycles. The minimum atomic E-state index is 0.109. The van der Waals surface area contributed by atoms with Crippen molar-refractivity contribution in [1.29, 1.82) is 0 Å². The number of hydrogen-bond donors (Lipinski definition) is 0. The summed E-state index contributed by atoms with van der Waals surface area (Å²) in [6.45, 7) is 2.35. The van der Waals surface area contributed by atoms with Crippen molar-refractivity contribution in [3.05, 3.63) is 54.7 Å². The smallest absolute Gasteiger partial charge is 0.231 e. The zero-order valence-electron chi connectivity index (χ0n) is 12.4. The third kappa shape index (κ3) is 2.75. The second-order valence-corrected chi connectivity index (χ2v) is 6.36. The Kier molecular flexibility index (Phi) is 3.63. The average Bonchev–Trinajstić information content (AvgIpc) is 3.24. The molecule has 4 rings (SSSR count). The fraction of sp³-hybridized carbons (Fsp3) is 0.188. The molecule has 0 fully saturated rings. The fourth-order valence-corrected chi connectivity index (χ4v) is 3.30. The molecule has 0 saturated heterocycles. The van der Waals surface area contributed by atoms with Gasteiger partial charge >= 0.3 is 0 Å². The summed E-state index contributed by atoms with van der Waals surface area (Å²) < 4.78 is 12.6. The molecular weight excluding hydrogens is 312 g/mol. The first-order valence-corrected chi connectivity index (χ1v) is 8.07. The number of thioether (sulfide) groups is 1. The number of fused-ring (bicyclic) bond motifs is 1. The molecule has 23 heavy (non-hydrogen) atoms. The van der Waals surface area contributed by atoms with Crippen LogP contribution in [-0.4, -0.2) is 26.5 Å². The van der Waals surface area contributed by atoms with Gasteiger partial charge in [0.05, 0.1) is 16.0 Å². The van der Waals surface area contributed by atoms with Gasteiger partial charge in [0.1, 0.15) is 12.2 Å². The quantitative estimate of drug-likeness (QED) is 0.686. The van der Waals surface area contributed by atoms with Gasteiger partial charge in [0.2, 0.25) is 6.79 Å². The molecule has 0 radical (unpaired) electrons. The maximum Gasteiger partial charge on any atom is 0.231 e. The van der Waals surface area contributed by atoms with E-state index in [2.05, 4.69) is 22.0 Å². The van der Waals surface area contributed by atoms with Gasteiger partial charge in [-0.05, 0) is 31.2 Å². The van der Waals surface area contributed by atoms with Crippen molar-refractivity contribution >= 4 is 11.8 Å². The number of ether oxygens (including phenoxy) is 2. The highest BCUT2D eigenvalue weighted by Gasteiger charge is 2.19. The van der Waals surface area contributed by atoms with Crippen LogP contribution in [0.3, 0.4) is 0 Å². The first kappa shape index (κ1) is 14.1. The number of nitrogens with zero attached hydrogens (tertiary/aromatic N) is 4. The minimum absolute atomic E-state index is 0.109. The monoisotopic (exact) mass is 326 g/mol. The normalized spacial score (nSPS) is 14.0. The molecule has 0 amide bonds. The molecule has 0 N–H and O–H groups in total. The van der Waals surface area contributed by atoms with Gasteiger partial charge in [-0.1, -0.05) is 17.8 Å². The van der Waals surface area contributed by atoms with Crippen molar-refractivity contribution in [3.8, 4) is 17.2 Å². The van der Waals surface area contributed by atoms with E-state index in [0.29, 0.717) is 0 Å². The number of benzene rings is 1. The Labute approximate surface area is 137 Å². The lowest BCUT2D eigenvalue weighted by molar-refractivity contribution is 0.174. The highest BCUT2D eigenvalue weighted by atomic mass is 32.2. The van der Waals surface area contributed by atoms with Crippen LogP contribution in [0, 0.1) is 0 Å². The zero-order chi connectivity index (χ0) is 15.6. The van der Waals surface area contributed by atoms with Crippen molar-refractivity contribution in [1.82, 2.24) is 19.7 Å². The molecule has 7 heteroatoms. The van der Waals surface area contributed by atoms with Crippen LogP contribution in [0.1, 0.15) is 18.0 Å². The summed E-state index contributed by atoms with van der Waals surface area (Å²) in [6.07, 6.45) is 3.35. The molecule has 1 aliphatic heterocycles. The lowest BCUT2D eigenvalue weighted by atomic mass is 10.2. The van der Waals surface area contributed by atoms with E-state index in [9.17, 15) is 0 Å². The van der Waals surface area contributed by atoms with Gasteiger partial charge in [0, 0.05) is 12.3 Å². The number of pyridine rings is 1. The molecule has 1 aliphatic rings. The number of rotatable bonds is 4. The van der Waals surface area contributed by atoms with E-state index in [-0.39, 0.29) is 12.0 Å². The van der Waals surface area contributed by atoms with E-state index in [1.54, 1.807) is 24.3 Å². The molecule has 0 unspecified atom stereocenters. The van der Waals surface area contributed by atoms with Crippen LogP contribution in [0.5, 0.6) is 11.5 Å². The molecular formula is C16H14N4O2S. The van der Waals surface area contributed by atoms with E-state index in [4.69, 9.17) is 9.47 Å². The third-order valence-electron chi connectivity index (χ3n) is 3.47. The van der Waals surface area contributed by atoms with Gasteiger partial charge in [-0.3, -0.25) is 0 Å². The van der Waals surface area contributed by atoms with Crippen LogP contribution >= 0.6 is 11.8 Å². The van der Waals surface area contributed by atoms with Crippen LogP contribution in [0.15, 0.2) is 53.9 Å². The first-order chi connectivity index (χ1) is 11.3. The van der Waals surface area contributed by atoms with Crippen LogP contribution in [0.25, 0.3) is 5.69 Å². The lowest BCUT2D eigenvalue weighted by Crippen LogP contribution is -2.05. The summed E-state index contributed by atoms with van der Waals surface area (Å²) in [7, 11) is 0. The van der Waals surface area contributed by atoms with Gasteiger partial charge < -0.3 is 9.47 Å². The molecule has 3 heterocycles. The summed E-state index contributed by atoms with van der Waals surface area (Å²) in [4.78, 5) is 8.76. The van der Waals surface area contributed by atoms with E-state index in [1.165, 1.54) is 0 Å². The molecule has 0 bridgehead atoms. The Hall–Kier alpha value is -2.54. The van der Waals surface area contributed by atoms with E-state index in [0.717, 1.165) is 28.0 Å². The van der Waals surface area contributed by atoms with E-state index in [1.807, 2.05) is 41.1 Å². The summed E-state index contributed by atoms with van der Waals surface area (Å²) in [5, 5.41) is 5.42. The van der Waals surface area contributed by atoms with Crippen molar-refractivity contribution in [2.45, 2.75) is 17.2 Å². The molecule has 6 nitrogen and oxygen atoms in total. The summed E-state index contributed by atoms with van der Waals surface area (Å²) in [5.41, 5.74) is 0.898. The van der Waals surface area contributed by atoms with Crippen LogP contribution in [0.4, 0.5) is 0 Å². The summed E-state index contributed by atoms with van der Waals surface area (Å²) in [6, 6.07) is 11.6. The fourth-order valence-electron chi connectivity index (χ4n) is 2.39. The summed E-state index contributed by atoms with van der Waals surface area (Å²) >= 11 is 1.65. The van der Waals surface area contributed by atoms with Gasteiger partial charge in [0.15, 0.2) is 11.5 Å². The van der Waals surface area contributed by atoms with Gasteiger partial charge in [-0.2, -0.15) is 5.10 Å². The van der Waals surface area contributed by atoms with Crippen LogP contribution in [-0.2, 0) is 0 Å². The number of aromatic nitrogens is 4. The minimum Gasteiger partial charge on any atom is -0.454 e. The Balaban J connectivity index is 1.63.